The van der Waals surface area contributed by atoms with Crippen molar-refractivity contribution >= 4 is 55.1 Å². The van der Waals surface area contributed by atoms with Gasteiger partial charge in [0.05, 0.1) is 11.0 Å². The molecule has 2 nitrogen and oxygen atoms in total. The molecule has 2 aromatic heterocycles. The molecule has 2 heterocycles. The van der Waals surface area contributed by atoms with Crippen LogP contribution in [-0.2, 0) is 0 Å². The minimum atomic E-state index is 0.969. The number of pyridine rings is 2. The molecule has 7 aromatic rings. The van der Waals surface area contributed by atoms with E-state index in [4.69, 9.17) is 0 Å². The summed E-state index contributed by atoms with van der Waals surface area (Å²) in [7, 11) is 0. The van der Waals surface area contributed by atoms with Crippen LogP contribution in [0.2, 0.25) is 0 Å². The van der Waals surface area contributed by atoms with Crippen LogP contribution in [0.15, 0.2) is 144 Å². The van der Waals surface area contributed by atoms with Crippen LogP contribution < -0.4 is 0 Å². The van der Waals surface area contributed by atoms with Gasteiger partial charge in [0.1, 0.15) is 10.1 Å². The third-order valence-electron chi connectivity index (χ3n) is 5.97. The van der Waals surface area contributed by atoms with E-state index in [-0.39, 0.29) is 0 Å². The van der Waals surface area contributed by atoms with Gasteiger partial charge in [-0.3, -0.25) is 0 Å². The van der Waals surface area contributed by atoms with Gasteiger partial charge in [-0.1, -0.05) is 109 Å². The monoisotopic (exact) mass is 466 g/mol. The summed E-state index contributed by atoms with van der Waals surface area (Å²) in [5, 5.41) is 9.50. The van der Waals surface area contributed by atoms with E-state index in [0.717, 1.165) is 31.9 Å². The first-order valence-corrected chi connectivity index (χ1v) is 12.4. The molecule has 0 aliphatic heterocycles. The highest BCUT2D eigenvalue weighted by molar-refractivity contribution is 7.99. The van der Waals surface area contributed by atoms with Gasteiger partial charge in [0, 0.05) is 10.8 Å². The zero-order valence-corrected chi connectivity index (χ0v) is 19.8. The Kier molecular flexibility index (Phi) is 5.83. The summed E-state index contributed by atoms with van der Waals surface area (Å²) in [6, 6.07) is 46.0. The number of nitrogens with zero attached hydrogens (tertiary/aromatic N) is 2. The lowest BCUT2D eigenvalue weighted by molar-refractivity contribution is 1.14. The predicted octanol–water partition coefficient (Wildman–Crippen LogP) is 8.93. The van der Waals surface area contributed by atoms with Crippen molar-refractivity contribution in [1.82, 2.24) is 9.97 Å². The summed E-state index contributed by atoms with van der Waals surface area (Å²) in [6.07, 6.45) is 0. The minimum Gasteiger partial charge on any atom is -0.241 e. The topological polar surface area (TPSA) is 25.8 Å². The van der Waals surface area contributed by atoms with Crippen LogP contribution in [0, 0.1) is 0 Å². The Bertz CT molecular complexity index is 1610. The molecule has 0 spiro atoms. The SMILES string of the molecule is c1ccc2cc3ccccc3cc2c1.c1ccc2nc(Sc3ccc4ccccc4n3)ccc2c1. The maximum Gasteiger partial charge on any atom is 0.103 e. The van der Waals surface area contributed by atoms with Crippen molar-refractivity contribution in [3.63, 3.8) is 0 Å². The smallest absolute Gasteiger partial charge is 0.103 e. The number of para-hydroxylation sites is 2. The second-order valence-corrected chi connectivity index (χ2v) is 9.37. The summed E-state index contributed by atoms with van der Waals surface area (Å²) < 4.78 is 0. The van der Waals surface area contributed by atoms with Gasteiger partial charge < -0.3 is 0 Å². The quantitative estimate of drug-likeness (QED) is 0.238. The average Bonchev–Trinajstić information content (AvgIpc) is 2.92. The van der Waals surface area contributed by atoms with Crippen molar-refractivity contribution in [2.24, 2.45) is 0 Å². The van der Waals surface area contributed by atoms with Crippen LogP contribution in [0.3, 0.4) is 0 Å². The largest absolute Gasteiger partial charge is 0.241 e. The molecule has 0 saturated heterocycles. The Morgan fingerprint density at radius 3 is 1.09 bits per heavy atom. The summed E-state index contributed by atoms with van der Waals surface area (Å²) in [4.78, 5) is 9.35. The second kappa shape index (κ2) is 9.57. The summed E-state index contributed by atoms with van der Waals surface area (Å²) in [5.74, 6) is 0. The molecule has 0 atom stereocenters. The number of aromatic nitrogens is 2. The summed E-state index contributed by atoms with van der Waals surface area (Å²) >= 11 is 1.60. The molecule has 7 rings (SSSR count). The summed E-state index contributed by atoms with van der Waals surface area (Å²) in [6.45, 7) is 0. The highest BCUT2D eigenvalue weighted by Gasteiger charge is 2.03. The zero-order valence-electron chi connectivity index (χ0n) is 19.0. The van der Waals surface area contributed by atoms with Gasteiger partial charge in [-0.15, -0.1) is 0 Å². The van der Waals surface area contributed by atoms with Crippen molar-refractivity contribution in [1.29, 1.82) is 0 Å². The Morgan fingerprint density at radius 1 is 0.343 bits per heavy atom. The van der Waals surface area contributed by atoms with Crippen LogP contribution >= 0.6 is 11.8 Å². The van der Waals surface area contributed by atoms with E-state index < -0.39 is 0 Å². The van der Waals surface area contributed by atoms with Gasteiger partial charge >= 0.3 is 0 Å². The second-order valence-electron chi connectivity index (χ2n) is 8.33. The first kappa shape index (κ1) is 21.3. The Labute approximate surface area is 208 Å². The van der Waals surface area contributed by atoms with E-state index in [1.807, 2.05) is 48.5 Å². The van der Waals surface area contributed by atoms with Gasteiger partial charge in [0.25, 0.3) is 0 Å². The first-order valence-electron chi connectivity index (χ1n) is 11.6. The van der Waals surface area contributed by atoms with E-state index in [9.17, 15) is 0 Å². The van der Waals surface area contributed by atoms with E-state index in [0.29, 0.717) is 0 Å². The van der Waals surface area contributed by atoms with Gasteiger partial charge in [0.2, 0.25) is 0 Å². The van der Waals surface area contributed by atoms with Crippen LogP contribution in [-0.4, -0.2) is 9.97 Å². The van der Waals surface area contributed by atoms with Crippen molar-refractivity contribution in [3.8, 4) is 0 Å². The molecule has 0 unspecified atom stereocenters. The molecule has 3 heteroatoms. The Hall–Kier alpha value is -4.21. The molecule has 0 N–H and O–H groups in total. The van der Waals surface area contributed by atoms with E-state index in [1.54, 1.807) is 11.8 Å². The third kappa shape index (κ3) is 4.72. The van der Waals surface area contributed by atoms with Crippen molar-refractivity contribution in [3.05, 3.63) is 133 Å². The first-order chi connectivity index (χ1) is 17.3. The number of fused-ring (bicyclic) bond motifs is 4. The van der Waals surface area contributed by atoms with E-state index in [1.165, 1.54) is 21.5 Å². The van der Waals surface area contributed by atoms with Crippen molar-refractivity contribution < 1.29 is 0 Å². The molecule has 0 aliphatic rings. The number of hydrogen-bond acceptors (Lipinski definition) is 3. The lowest BCUT2D eigenvalue weighted by Gasteiger charge is -2.04. The summed E-state index contributed by atoms with van der Waals surface area (Å²) in [5.41, 5.74) is 2.03. The fourth-order valence-electron chi connectivity index (χ4n) is 4.20. The number of hydrogen-bond donors (Lipinski definition) is 0. The Balaban J connectivity index is 0.000000141. The Morgan fingerprint density at radius 2 is 0.686 bits per heavy atom. The van der Waals surface area contributed by atoms with Gasteiger partial charge in [-0.2, -0.15) is 0 Å². The lowest BCUT2D eigenvalue weighted by Crippen LogP contribution is -1.85. The number of benzene rings is 5. The van der Waals surface area contributed by atoms with Crippen molar-refractivity contribution in [2.75, 3.05) is 0 Å². The molecule has 0 bridgehead atoms. The molecular formula is C32H22N2S. The molecular weight excluding hydrogens is 444 g/mol. The average molecular weight is 467 g/mol. The maximum atomic E-state index is 4.67. The van der Waals surface area contributed by atoms with E-state index in [2.05, 4.69) is 94.9 Å². The zero-order chi connectivity index (χ0) is 23.5. The molecule has 0 amide bonds. The standard InChI is InChI=1S/C18H12N2S.C14H10/c1-3-7-15-13(5-1)9-11-17(19-15)21-18-12-10-14-6-2-4-8-16(14)20-18;1-2-6-12-10-14-8-4-3-7-13(14)9-11(12)5-1/h1-12H;1-10H. The molecule has 0 aliphatic carbocycles. The van der Waals surface area contributed by atoms with Gasteiger partial charge in [0.15, 0.2) is 0 Å². The normalized spacial score (nSPS) is 11.0. The number of rotatable bonds is 2. The maximum absolute atomic E-state index is 4.67. The van der Waals surface area contributed by atoms with Gasteiger partial charge in [-0.25, -0.2) is 9.97 Å². The molecule has 5 aromatic carbocycles. The highest BCUT2D eigenvalue weighted by atomic mass is 32.2. The fourth-order valence-corrected chi connectivity index (χ4v) is 4.97. The van der Waals surface area contributed by atoms with Crippen LogP contribution in [0.5, 0.6) is 0 Å². The van der Waals surface area contributed by atoms with Crippen molar-refractivity contribution in [2.45, 2.75) is 10.1 Å². The third-order valence-corrected chi connectivity index (χ3v) is 6.84. The molecule has 0 radical (unpaired) electrons. The van der Waals surface area contributed by atoms with Crippen LogP contribution in [0.25, 0.3) is 43.4 Å². The molecule has 0 saturated carbocycles. The predicted molar refractivity (Wildman–Crippen MR) is 149 cm³/mol. The van der Waals surface area contributed by atoms with E-state index >= 15 is 0 Å². The molecule has 35 heavy (non-hydrogen) atoms. The van der Waals surface area contributed by atoms with Crippen LogP contribution in [0.4, 0.5) is 0 Å². The van der Waals surface area contributed by atoms with Crippen LogP contribution in [0.1, 0.15) is 0 Å². The van der Waals surface area contributed by atoms with Gasteiger partial charge in [-0.05, 0) is 57.9 Å². The molecule has 166 valence electrons. The molecule has 0 fully saturated rings. The lowest BCUT2D eigenvalue weighted by atomic mass is 10.0. The highest BCUT2D eigenvalue weighted by Crippen LogP contribution is 2.28. The fraction of sp³-hybridized carbons (Fsp3) is 0. The minimum absolute atomic E-state index is 0.969.